The van der Waals surface area contributed by atoms with E-state index < -0.39 is 0 Å². The average Bonchev–Trinajstić information content (AvgIpc) is 3.15. The van der Waals surface area contributed by atoms with E-state index in [0.29, 0.717) is 5.75 Å². The molecule has 0 saturated carbocycles. The van der Waals surface area contributed by atoms with Crippen LogP contribution in [-0.4, -0.2) is 30.4 Å². The highest BCUT2D eigenvalue weighted by Crippen LogP contribution is 2.29. The van der Waals surface area contributed by atoms with Crippen LogP contribution < -0.4 is 5.32 Å². The van der Waals surface area contributed by atoms with Gasteiger partial charge >= 0.3 is 0 Å². The van der Waals surface area contributed by atoms with Gasteiger partial charge < -0.3 is 5.32 Å². The second-order valence-electron chi connectivity index (χ2n) is 4.62. The minimum Gasteiger partial charge on any atom is -0.330 e. The van der Waals surface area contributed by atoms with Crippen LogP contribution in [0.5, 0.6) is 0 Å². The lowest BCUT2D eigenvalue weighted by atomic mass is 10.3. The number of anilines is 2. The molecule has 0 spiro atoms. The first-order valence-corrected chi connectivity index (χ1v) is 9.58. The predicted molar refractivity (Wildman–Crippen MR) is 95.0 cm³/mol. The van der Waals surface area contributed by atoms with Gasteiger partial charge in [-0.15, -0.1) is 15.3 Å². The fraction of sp³-hybridized carbons (Fsp3) is 0.308. The predicted octanol–water partition coefficient (Wildman–Crippen LogP) is 3.73. The molecule has 0 aliphatic carbocycles. The number of thioether (sulfide) groups is 1. The minimum absolute atomic E-state index is 0.679. The van der Waals surface area contributed by atoms with Crippen molar-refractivity contribution in [3.8, 4) is 0 Å². The third-order valence-corrected chi connectivity index (χ3v) is 5.31. The molecule has 0 bridgehead atoms. The van der Waals surface area contributed by atoms with Gasteiger partial charge in [0, 0.05) is 16.7 Å². The van der Waals surface area contributed by atoms with Crippen LogP contribution in [0, 0.1) is 0 Å². The van der Waals surface area contributed by atoms with Crippen LogP contribution >= 0.6 is 39.0 Å². The lowest BCUT2D eigenvalue weighted by Crippen LogP contribution is -2.04. The van der Waals surface area contributed by atoms with E-state index in [1.807, 2.05) is 28.9 Å². The van der Waals surface area contributed by atoms with Crippen molar-refractivity contribution in [1.29, 1.82) is 0 Å². The maximum atomic E-state index is 4.19. The topological polar surface area (TPSA) is 81.4 Å². The number of hydrogen-bond donors (Lipinski definition) is 1. The number of hydrogen-bond acceptors (Lipinski definition) is 8. The fourth-order valence-corrected chi connectivity index (χ4v) is 3.95. The number of aryl methyl sites for hydroxylation is 1. The standard InChI is InChI=1S/C13H14BrN7S2/c1-2-6-21-11(16-19-20-21)8-22-13-18-17-12(23-13)15-10-5-3-4-9(14)7-10/h3-5,7H,2,6,8H2,1H3,(H,15,17). The fourth-order valence-electron chi connectivity index (χ4n) is 1.85. The quantitative estimate of drug-likeness (QED) is 0.592. The summed E-state index contributed by atoms with van der Waals surface area (Å²) in [6.45, 7) is 2.93. The highest BCUT2D eigenvalue weighted by Gasteiger charge is 2.10. The summed E-state index contributed by atoms with van der Waals surface area (Å²) in [5, 5.41) is 24.1. The van der Waals surface area contributed by atoms with Crippen molar-refractivity contribution in [1.82, 2.24) is 30.4 Å². The number of nitrogens with one attached hydrogen (secondary N) is 1. The molecule has 1 N–H and O–H groups in total. The SMILES string of the molecule is CCCn1nnnc1CSc1nnc(Nc2cccc(Br)c2)s1. The van der Waals surface area contributed by atoms with Crippen molar-refractivity contribution in [2.24, 2.45) is 0 Å². The summed E-state index contributed by atoms with van der Waals surface area (Å²) < 4.78 is 3.73. The zero-order valence-corrected chi connectivity index (χ0v) is 15.5. The normalized spacial score (nSPS) is 10.9. The Morgan fingerprint density at radius 2 is 2.22 bits per heavy atom. The molecule has 7 nitrogen and oxygen atoms in total. The third kappa shape index (κ3) is 4.49. The molecule has 0 amide bonds. The lowest BCUT2D eigenvalue weighted by molar-refractivity contribution is 0.564. The molecule has 0 saturated heterocycles. The first-order chi connectivity index (χ1) is 11.2. The van der Waals surface area contributed by atoms with E-state index in [-0.39, 0.29) is 0 Å². The second kappa shape index (κ2) is 7.84. The first-order valence-electron chi connectivity index (χ1n) is 6.98. The third-order valence-electron chi connectivity index (χ3n) is 2.85. The molecule has 2 aromatic heterocycles. The molecule has 0 aliphatic heterocycles. The summed E-state index contributed by atoms with van der Waals surface area (Å²) in [4.78, 5) is 0. The zero-order chi connectivity index (χ0) is 16.1. The van der Waals surface area contributed by atoms with Crippen molar-refractivity contribution < 1.29 is 0 Å². The minimum atomic E-state index is 0.679. The summed E-state index contributed by atoms with van der Waals surface area (Å²) in [5.74, 6) is 1.53. The number of halogens is 1. The smallest absolute Gasteiger partial charge is 0.210 e. The van der Waals surface area contributed by atoms with E-state index in [1.54, 1.807) is 11.8 Å². The van der Waals surface area contributed by atoms with Crippen LogP contribution in [0.1, 0.15) is 19.2 Å². The molecule has 0 aliphatic rings. The van der Waals surface area contributed by atoms with Crippen molar-refractivity contribution in [3.63, 3.8) is 0 Å². The van der Waals surface area contributed by atoms with Gasteiger partial charge in [-0.05, 0) is 35.0 Å². The van der Waals surface area contributed by atoms with Gasteiger partial charge in [-0.2, -0.15) is 0 Å². The van der Waals surface area contributed by atoms with E-state index >= 15 is 0 Å². The molecule has 2 heterocycles. The van der Waals surface area contributed by atoms with Gasteiger partial charge in [0.15, 0.2) is 10.2 Å². The second-order valence-corrected chi connectivity index (χ2v) is 7.73. The van der Waals surface area contributed by atoms with Crippen LogP contribution in [0.2, 0.25) is 0 Å². The van der Waals surface area contributed by atoms with Crippen molar-refractivity contribution in [2.75, 3.05) is 5.32 Å². The van der Waals surface area contributed by atoms with Gasteiger partial charge in [-0.25, -0.2) is 4.68 Å². The number of tetrazole rings is 1. The van der Waals surface area contributed by atoms with Gasteiger partial charge in [-0.3, -0.25) is 0 Å². The van der Waals surface area contributed by atoms with Crippen LogP contribution in [0.3, 0.4) is 0 Å². The van der Waals surface area contributed by atoms with Gasteiger partial charge in [0.05, 0.1) is 5.75 Å². The Bertz CT molecular complexity index is 773. The van der Waals surface area contributed by atoms with Crippen LogP contribution in [-0.2, 0) is 12.3 Å². The summed E-state index contributed by atoms with van der Waals surface area (Å²) in [6.07, 6.45) is 1.00. The maximum Gasteiger partial charge on any atom is 0.210 e. The Morgan fingerprint density at radius 3 is 3.04 bits per heavy atom. The van der Waals surface area contributed by atoms with Crippen LogP contribution in [0.4, 0.5) is 10.8 Å². The number of aromatic nitrogens is 6. The molecule has 23 heavy (non-hydrogen) atoms. The van der Waals surface area contributed by atoms with Crippen molar-refractivity contribution in [2.45, 2.75) is 30.0 Å². The van der Waals surface area contributed by atoms with E-state index in [9.17, 15) is 0 Å². The van der Waals surface area contributed by atoms with Crippen molar-refractivity contribution >= 4 is 49.8 Å². The Balaban J connectivity index is 1.60. The molecular weight excluding hydrogens is 398 g/mol. The Kier molecular flexibility index (Phi) is 5.57. The Labute approximate surface area is 150 Å². The van der Waals surface area contributed by atoms with E-state index in [0.717, 1.165) is 38.4 Å². The molecule has 0 unspecified atom stereocenters. The summed E-state index contributed by atoms with van der Waals surface area (Å²) in [5.41, 5.74) is 0.971. The summed E-state index contributed by atoms with van der Waals surface area (Å²) >= 11 is 6.55. The molecule has 0 radical (unpaired) electrons. The Hall–Kier alpha value is -1.52. The van der Waals surface area contributed by atoms with Crippen LogP contribution in [0.15, 0.2) is 33.1 Å². The molecule has 0 fully saturated rings. The van der Waals surface area contributed by atoms with Crippen molar-refractivity contribution in [3.05, 3.63) is 34.6 Å². The molecule has 120 valence electrons. The monoisotopic (exact) mass is 411 g/mol. The highest BCUT2D eigenvalue weighted by molar-refractivity contribution is 9.10. The van der Waals surface area contributed by atoms with Gasteiger partial charge in [0.2, 0.25) is 5.13 Å². The summed E-state index contributed by atoms with van der Waals surface area (Å²) in [6, 6.07) is 7.93. The molecular formula is C13H14BrN7S2. The van der Waals surface area contributed by atoms with E-state index in [4.69, 9.17) is 0 Å². The first kappa shape index (κ1) is 16.3. The lowest BCUT2D eigenvalue weighted by Gasteiger charge is -2.01. The van der Waals surface area contributed by atoms with E-state index in [1.165, 1.54) is 11.3 Å². The number of benzene rings is 1. The number of rotatable bonds is 7. The summed E-state index contributed by atoms with van der Waals surface area (Å²) in [7, 11) is 0. The molecule has 0 atom stereocenters. The molecule has 3 rings (SSSR count). The largest absolute Gasteiger partial charge is 0.330 e. The zero-order valence-electron chi connectivity index (χ0n) is 12.3. The highest BCUT2D eigenvalue weighted by atomic mass is 79.9. The average molecular weight is 412 g/mol. The Morgan fingerprint density at radius 1 is 1.30 bits per heavy atom. The molecule has 3 aromatic rings. The van der Waals surface area contributed by atoms with Gasteiger partial charge in [0.25, 0.3) is 0 Å². The van der Waals surface area contributed by atoms with E-state index in [2.05, 4.69) is 53.9 Å². The van der Waals surface area contributed by atoms with Gasteiger partial charge in [-0.1, -0.05) is 52.0 Å². The molecule has 10 heteroatoms. The molecule has 1 aromatic carbocycles. The maximum absolute atomic E-state index is 4.19. The number of nitrogens with zero attached hydrogens (tertiary/aromatic N) is 6. The van der Waals surface area contributed by atoms with Gasteiger partial charge in [0.1, 0.15) is 0 Å². The van der Waals surface area contributed by atoms with Crippen LogP contribution in [0.25, 0.3) is 0 Å².